The van der Waals surface area contributed by atoms with Crippen molar-refractivity contribution >= 4 is 23.4 Å². The monoisotopic (exact) mass is 456 g/mol. The molecule has 0 radical (unpaired) electrons. The third-order valence-corrected chi connectivity index (χ3v) is 6.64. The summed E-state index contributed by atoms with van der Waals surface area (Å²) in [4.78, 5) is 27.9. The molecule has 0 bridgehead atoms. The molecule has 0 heterocycles. The zero-order chi connectivity index (χ0) is 23.1. The molecule has 32 heavy (non-hydrogen) atoms. The van der Waals surface area contributed by atoms with Crippen LogP contribution in [-0.2, 0) is 16.1 Å². The first-order chi connectivity index (χ1) is 15.3. The summed E-state index contributed by atoms with van der Waals surface area (Å²) < 4.78 is 5.75. The molecule has 1 aliphatic carbocycles. The highest BCUT2D eigenvalue weighted by atomic mass is 35.5. The average molecular weight is 457 g/mol. The molecule has 1 saturated carbocycles. The molecule has 0 aliphatic heterocycles. The number of aryl methyl sites for hydroxylation is 2. The van der Waals surface area contributed by atoms with Crippen LogP contribution in [0.5, 0.6) is 5.75 Å². The molecule has 1 N–H and O–H groups in total. The highest BCUT2D eigenvalue weighted by molar-refractivity contribution is 6.31. The summed E-state index contributed by atoms with van der Waals surface area (Å²) in [5.74, 6) is 0.240. The lowest BCUT2D eigenvalue weighted by atomic mass is 9.95. The van der Waals surface area contributed by atoms with Crippen LogP contribution >= 0.6 is 11.6 Å². The topological polar surface area (TPSA) is 58.6 Å². The average Bonchev–Trinajstić information content (AvgIpc) is 2.79. The molecule has 5 nitrogen and oxygen atoms in total. The second-order valence-electron chi connectivity index (χ2n) is 8.67. The predicted octanol–water partition coefficient (Wildman–Crippen LogP) is 5.20. The maximum absolute atomic E-state index is 13.2. The molecule has 3 rings (SSSR count). The van der Waals surface area contributed by atoms with Gasteiger partial charge in [-0.15, -0.1) is 0 Å². The second-order valence-corrected chi connectivity index (χ2v) is 9.07. The summed E-state index contributed by atoms with van der Waals surface area (Å²) in [6.07, 6.45) is 5.51. The van der Waals surface area contributed by atoms with Gasteiger partial charge in [0, 0.05) is 17.6 Å². The first-order valence-corrected chi connectivity index (χ1v) is 11.8. The van der Waals surface area contributed by atoms with Crippen LogP contribution in [0.1, 0.15) is 55.7 Å². The van der Waals surface area contributed by atoms with E-state index in [1.807, 2.05) is 38.1 Å². The fourth-order valence-electron chi connectivity index (χ4n) is 4.06. The van der Waals surface area contributed by atoms with E-state index in [-0.39, 0.29) is 24.5 Å². The molecule has 6 heteroatoms. The smallest absolute Gasteiger partial charge is 0.261 e. The van der Waals surface area contributed by atoms with E-state index in [9.17, 15) is 9.59 Å². The van der Waals surface area contributed by atoms with Crippen molar-refractivity contribution in [2.24, 2.45) is 0 Å². The van der Waals surface area contributed by atoms with E-state index in [2.05, 4.69) is 5.32 Å². The van der Waals surface area contributed by atoms with Gasteiger partial charge in [-0.3, -0.25) is 9.59 Å². The fourth-order valence-corrected chi connectivity index (χ4v) is 4.17. The Balaban J connectivity index is 1.72. The van der Waals surface area contributed by atoms with Gasteiger partial charge in [-0.05, 0) is 68.5 Å². The van der Waals surface area contributed by atoms with E-state index in [1.165, 1.54) is 6.42 Å². The number of carbonyl (C=O) groups excluding carboxylic acids is 2. The normalized spacial score (nSPS) is 15.1. The van der Waals surface area contributed by atoms with E-state index >= 15 is 0 Å². The molecule has 2 aromatic rings. The third-order valence-electron chi connectivity index (χ3n) is 6.21. The Hall–Kier alpha value is -2.53. The summed E-state index contributed by atoms with van der Waals surface area (Å²) in [7, 11) is 0. The van der Waals surface area contributed by atoms with Gasteiger partial charge in [-0.25, -0.2) is 0 Å². The minimum absolute atomic E-state index is 0.110. The summed E-state index contributed by atoms with van der Waals surface area (Å²) >= 11 is 6.08. The van der Waals surface area contributed by atoms with Crippen molar-refractivity contribution in [1.29, 1.82) is 0 Å². The molecular formula is C26H33ClN2O3. The summed E-state index contributed by atoms with van der Waals surface area (Å²) in [6, 6.07) is 12.8. The van der Waals surface area contributed by atoms with Crippen LogP contribution in [0.2, 0.25) is 5.02 Å². The Labute approximate surface area is 196 Å². The van der Waals surface area contributed by atoms with Crippen LogP contribution in [-0.4, -0.2) is 35.4 Å². The number of hydrogen-bond donors (Lipinski definition) is 1. The van der Waals surface area contributed by atoms with E-state index in [1.54, 1.807) is 30.0 Å². The van der Waals surface area contributed by atoms with Crippen molar-refractivity contribution in [3.05, 3.63) is 64.2 Å². The van der Waals surface area contributed by atoms with Gasteiger partial charge in [0.15, 0.2) is 6.61 Å². The molecule has 0 saturated heterocycles. The minimum atomic E-state index is -0.598. The molecule has 1 unspecified atom stereocenters. The molecule has 0 aromatic heterocycles. The van der Waals surface area contributed by atoms with Crippen LogP contribution < -0.4 is 10.1 Å². The van der Waals surface area contributed by atoms with E-state index < -0.39 is 6.04 Å². The van der Waals surface area contributed by atoms with E-state index in [0.29, 0.717) is 17.3 Å². The van der Waals surface area contributed by atoms with E-state index in [0.717, 1.165) is 42.4 Å². The molecule has 2 amide bonds. The van der Waals surface area contributed by atoms with Crippen LogP contribution in [0.25, 0.3) is 0 Å². The minimum Gasteiger partial charge on any atom is -0.484 e. The van der Waals surface area contributed by atoms with Gasteiger partial charge in [-0.1, -0.05) is 55.1 Å². The van der Waals surface area contributed by atoms with Gasteiger partial charge in [0.1, 0.15) is 11.8 Å². The number of benzene rings is 2. The fraction of sp³-hybridized carbons (Fsp3) is 0.462. The van der Waals surface area contributed by atoms with Gasteiger partial charge in [0.2, 0.25) is 5.91 Å². The van der Waals surface area contributed by atoms with Crippen LogP contribution in [0.3, 0.4) is 0 Å². The quantitative estimate of drug-likeness (QED) is 0.593. The molecule has 1 atom stereocenters. The van der Waals surface area contributed by atoms with Crippen LogP contribution in [0, 0.1) is 13.8 Å². The Kier molecular flexibility index (Phi) is 8.57. The standard InChI is InChI=1S/C26H33ClN2O3/c1-18-9-7-8-10-21(18)16-29(20(3)26(31)28-22-11-5-4-6-12-22)25(30)17-32-23-13-14-24(27)19(2)15-23/h7-10,13-15,20,22H,4-6,11-12,16-17H2,1-3H3,(H,28,31). The maximum Gasteiger partial charge on any atom is 0.261 e. The van der Waals surface area contributed by atoms with Crippen molar-refractivity contribution in [2.75, 3.05) is 6.61 Å². The molecule has 1 aliphatic rings. The Morgan fingerprint density at radius 1 is 1.09 bits per heavy atom. The lowest BCUT2D eigenvalue weighted by Crippen LogP contribution is -2.51. The van der Waals surface area contributed by atoms with Crippen LogP contribution in [0.4, 0.5) is 0 Å². The summed E-state index contributed by atoms with van der Waals surface area (Å²) in [5, 5.41) is 3.80. The zero-order valence-electron chi connectivity index (χ0n) is 19.2. The van der Waals surface area contributed by atoms with Crippen LogP contribution in [0.15, 0.2) is 42.5 Å². The number of carbonyl (C=O) groups is 2. The number of nitrogens with one attached hydrogen (secondary N) is 1. The highest BCUT2D eigenvalue weighted by Gasteiger charge is 2.28. The largest absolute Gasteiger partial charge is 0.484 e. The highest BCUT2D eigenvalue weighted by Crippen LogP contribution is 2.22. The Bertz CT molecular complexity index is 940. The van der Waals surface area contributed by atoms with Crippen molar-refractivity contribution < 1.29 is 14.3 Å². The van der Waals surface area contributed by atoms with Crippen molar-refractivity contribution in [2.45, 2.75) is 71.5 Å². The number of nitrogens with zero attached hydrogens (tertiary/aromatic N) is 1. The second kappa shape index (κ2) is 11.4. The maximum atomic E-state index is 13.2. The number of ether oxygens (including phenoxy) is 1. The van der Waals surface area contributed by atoms with Gasteiger partial charge < -0.3 is 15.0 Å². The van der Waals surface area contributed by atoms with Crippen molar-refractivity contribution in [3.63, 3.8) is 0 Å². The lowest BCUT2D eigenvalue weighted by molar-refractivity contribution is -0.142. The zero-order valence-corrected chi connectivity index (χ0v) is 20.0. The molecule has 1 fully saturated rings. The van der Waals surface area contributed by atoms with Crippen molar-refractivity contribution in [3.8, 4) is 5.75 Å². The molecular weight excluding hydrogens is 424 g/mol. The van der Waals surface area contributed by atoms with Gasteiger partial charge in [0.05, 0.1) is 0 Å². The van der Waals surface area contributed by atoms with Crippen molar-refractivity contribution in [1.82, 2.24) is 10.2 Å². The predicted molar refractivity (Wildman–Crippen MR) is 128 cm³/mol. The number of halogens is 1. The Morgan fingerprint density at radius 2 is 1.81 bits per heavy atom. The molecule has 2 aromatic carbocycles. The number of rotatable bonds is 8. The molecule has 172 valence electrons. The number of hydrogen-bond acceptors (Lipinski definition) is 3. The first kappa shape index (κ1) is 24.1. The molecule has 0 spiro atoms. The summed E-state index contributed by atoms with van der Waals surface area (Å²) in [6.45, 7) is 5.90. The van der Waals surface area contributed by atoms with E-state index in [4.69, 9.17) is 16.3 Å². The third kappa shape index (κ3) is 6.49. The Morgan fingerprint density at radius 3 is 2.50 bits per heavy atom. The van der Waals surface area contributed by atoms with Gasteiger partial charge in [0.25, 0.3) is 5.91 Å². The lowest BCUT2D eigenvalue weighted by Gasteiger charge is -2.31. The first-order valence-electron chi connectivity index (χ1n) is 11.4. The number of amides is 2. The van der Waals surface area contributed by atoms with Gasteiger partial charge >= 0.3 is 0 Å². The van der Waals surface area contributed by atoms with Gasteiger partial charge in [-0.2, -0.15) is 0 Å². The SMILES string of the molecule is Cc1cc(OCC(=O)N(Cc2ccccc2C)C(C)C(=O)NC2CCCCC2)ccc1Cl. The summed E-state index contributed by atoms with van der Waals surface area (Å²) in [5.41, 5.74) is 2.98.